The zero-order valence-electron chi connectivity index (χ0n) is 20.9. The van der Waals surface area contributed by atoms with E-state index in [1.807, 2.05) is 47.4 Å². The van der Waals surface area contributed by atoms with E-state index in [9.17, 15) is 8.42 Å². The molecule has 0 N–H and O–H groups in total. The Bertz CT molecular complexity index is 1450. The minimum Gasteiger partial charge on any atom is -0.357 e. The Morgan fingerprint density at radius 3 is 2.54 bits per heavy atom. The average molecular weight is 520 g/mol. The molecule has 0 radical (unpaired) electrons. The Balaban J connectivity index is 1.09. The molecule has 4 heterocycles. The number of nitrogens with zero attached hydrogens (tertiary/aromatic N) is 5. The first kappa shape index (κ1) is 24.3. The zero-order valence-corrected chi connectivity index (χ0v) is 21.8. The Kier molecular flexibility index (Phi) is 6.84. The van der Waals surface area contributed by atoms with Gasteiger partial charge in [0, 0.05) is 43.4 Å². The minimum absolute atomic E-state index is 0.0359. The topological polar surface area (TPSA) is 82.3 Å². The van der Waals surface area contributed by atoms with Gasteiger partial charge in [0.05, 0.1) is 23.7 Å². The summed E-state index contributed by atoms with van der Waals surface area (Å²) >= 11 is 0. The van der Waals surface area contributed by atoms with Crippen molar-refractivity contribution in [2.24, 2.45) is 5.92 Å². The molecule has 9 heteroatoms. The van der Waals surface area contributed by atoms with Gasteiger partial charge in [-0.25, -0.2) is 17.4 Å². The average Bonchev–Trinajstić information content (AvgIpc) is 3.58. The van der Waals surface area contributed by atoms with Crippen LogP contribution in [-0.2, 0) is 27.1 Å². The number of ether oxygens (including phenoxy) is 1. The van der Waals surface area contributed by atoms with Gasteiger partial charge in [0.2, 0.25) is 10.0 Å². The fourth-order valence-corrected chi connectivity index (χ4v) is 7.04. The number of rotatable bonds is 7. The lowest BCUT2D eigenvalue weighted by molar-refractivity contribution is -0.0394. The highest BCUT2D eigenvalue weighted by Crippen LogP contribution is 2.29. The van der Waals surface area contributed by atoms with Gasteiger partial charge in [-0.05, 0) is 61.3 Å². The van der Waals surface area contributed by atoms with Gasteiger partial charge in [-0.15, -0.1) is 0 Å². The van der Waals surface area contributed by atoms with Crippen molar-refractivity contribution in [3.8, 4) is 11.1 Å². The van der Waals surface area contributed by atoms with Gasteiger partial charge in [-0.1, -0.05) is 36.4 Å². The highest BCUT2D eigenvalue weighted by atomic mass is 32.2. The molecule has 1 atom stereocenters. The monoisotopic (exact) mass is 519 g/mol. The summed E-state index contributed by atoms with van der Waals surface area (Å²) in [5.41, 5.74) is 4.13. The molecule has 0 aliphatic carbocycles. The number of sulfonamides is 1. The van der Waals surface area contributed by atoms with Crippen molar-refractivity contribution in [3.05, 3.63) is 72.7 Å². The Labute approximate surface area is 217 Å². The maximum Gasteiger partial charge on any atom is 0.218 e. The smallest absolute Gasteiger partial charge is 0.218 e. The third kappa shape index (κ3) is 5.35. The number of piperidine rings is 1. The number of benzene rings is 2. The van der Waals surface area contributed by atoms with Gasteiger partial charge in [-0.2, -0.15) is 10.2 Å². The van der Waals surface area contributed by atoms with Crippen molar-refractivity contribution >= 4 is 20.9 Å². The Hall–Kier alpha value is -3.01. The fraction of sp³-hybridized carbons (Fsp3) is 0.429. The zero-order chi connectivity index (χ0) is 25.2. The maximum atomic E-state index is 12.9. The van der Waals surface area contributed by atoms with E-state index in [-0.39, 0.29) is 12.0 Å². The summed E-state index contributed by atoms with van der Waals surface area (Å²) in [5.74, 6) is 0.469. The van der Waals surface area contributed by atoms with Gasteiger partial charge < -0.3 is 4.74 Å². The molecule has 6 rings (SSSR count). The van der Waals surface area contributed by atoms with Crippen molar-refractivity contribution in [1.82, 2.24) is 23.9 Å². The molecule has 4 aromatic rings. The third-order valence-corrected chi connectivity index (χ3v) is 9.47. The molecule has 0 amide bonds. The molecule has 1 unspecified atom stereocenters. The quantitative estimate of drug-likeness (QED) is 0.349. The SMILES string of the molecule is O=S(=O)(Cc1ccccc1)N1CCC(Cn2ncc3cc(-c4cnn(C5CCCCO5)c4)ccc32)CC1. The van der Waals surface area contributed by atoms with Crippen LogP contribution in [-0.4, -0.2) is 52.0 Å². The molecule has 0 spiro atoms. The molecule has 2 aliphatic rings. The highest BCUT2D eigenvalue weighted by molar-refractivity contribution is 7.88. The van der Waals surface area contributed by atoms with Crippen LogP contribution < -0.4 is 0 Å². The first-order valence-electron chi connectivity index (χ1n) is 13.2. The number of fused-ring (bicyclic) bond motifs is 1. The van der Waals surface area contributed by atoms with E-state index in [2.05, 4.69) is 39.3 Å². The van der Waals surface area contributed by atoms with E-state index < -0.39 is 10.0 Å². The summed E-state index contributed by atoms with van der Waals surface area (Å²) in [7, 11) is -3.30. The lowest BCUT2D eigenvalue weighted by Crippen LogP contribution is -2.40. The van der Waals surface area contributed by atoms with Gasteiger partial charge in [0.25, 0.3) is 0 Å². The highest BCUT2D eigenvalue weighted by Gasteiger charge is 2.28. The summed E-state index contributed by atoms with van der Waals surface area (Å²) in [4.78, 5) is 0. The number of aromatic nitrogens is 4. The molecule has 2 aliphatic heterocycles. The van der Waals surface area contributed by atoms with E-state index in [0.29, 0.717) is 19.0 Å². The molecule has 0 bridgehead atoms. The largest absolute Gasteiger partial charge is 0.357 e. The van der Waals surface area contributed by atoms with E-state index in [4.69, 9.17) is 4.74 Å². The number of hydrogen-bond donors (Lipinski definition) is 0. The summed E-state index contributed by atoms with van der Waals surface area (Å²) in [6.07, 6.45) is 10.9. The second-order valence-electron chi connectivity index (χ2n) is 10.2. The fourth-order valence-electron chi connectivity index (χ4n) is 5.48. The maximum absolute atomic E-state index is 12.9. The van der Waals surface area contributed by atoms with Gasteiger partial charge >= 0.3 is 0 Å². The third-order valence-electron chi connectivity index (χ3n) is 7.62. The summed E-state index contributed by atoms with van der Waals surface area (Å²) in [6.45, 7) is 2.73. The lowest BCUT2D eigenvalue weighted by atomic mass is 9.98. The predicted molar refractivity (Wildman–Crippen MR) is 143 cm³/mol. The van der Waals surface area contributed by atoms with Crippen molar-refractivity contribution in [1.29, 1.82) is 0 Å². The van der Waals surface area contributed by atoms with E-state index in [1.54, 1.807) is 4.31 Å². The van der Waals surface area contributed by atoms with Crippen LogP contribution in [0.15, 0.2) is 67.1 Å². The molecular weight excluding hydrogens is 486 g/mol. The lowest BCUT2D eigenvalue weighted by Gasteiger charge is -2.31. The molecule has 2 aromatic carbocycles. The normalized spacial score (nSPS) is 19.9. The van der Waals surface area contributed by atoms with Gasteiger partial charge in [-0.3, -0.25) is 4.68 Å². The standard InChI is InChI=1S/C28H33N5O3S/c34-37(35,21-23-6-2-1-3-7-23)31-13-11-22(12-14-31)19-32-27-10-9-24(16-25(27)17-29-32)26-18-30-33(20-26)28-8-4-5-15-36-28/h1-3,6-7,9-10,16-18,20,22,28H,4-5,8,11-15,19,21H2. The molecular formula is C28H33N5O3S. The van der Waals surface area contributed by atoms with E-state index in [0.717, 1.165) is 66.4 Å². The van der Waals surface area contributed by atoms with E-state index in [1.165, 1.54) is 6.42 Å². The minimum atomic E-state index is -3.30. The Morgan fingerprint density at radius 2 is 1.76 bits per heavy atom. The van der Waals surface area contributed by atoms with Crippen LogP contribution in [0.2, 0.25) is 0 Å². The van der Waals surface area contributed by atoms with Crippen LogP contribution in [0, 0.1) is 5.92 Å². The van der Waals surface area contributed by atoms with Crippen LogP contribution in [0.3, 0.4) is 0 Å². The molecule has 2 saturated heterocycles. The molecule has 2 fully saturated rings. The van der Waals surface area contributed by atoms with Crippen LogP contribution in [0.4, 0.5) is 0 Å². The second-order valence-corrected chi connectivity index (χ2v) is 12.2. The molecule has 8 nitrogen and oxygen atoms in total. The van der Waals surface area contributed by atoms with Crippen LogP contribution in [0.25, 0.3) is 22.0 Å². The van der Waals surface area contributed by atoms with Crippen LogP contribution >= 0.6 is 0 Å². The molecule has 37 heavy (non-hydrogen) atoms. The van der Waals surface area contributed by atoms with E-state index >= 15 is 0 Å². The van der Waals surface area contributed by atoms with Crippen LogP contribution in [0.1, 0.15) is 43.9 Å². The molecule has 2 aromatic heterocycles. The summed E-state index contributed by atoms with van der Waals surface area (Å²) in [5, 5.41) is 10.3. The van der Waals surface area contributed by atoms with Crippen LogP contribution in [0.5, 0.6) is 0 Å². The van der Waals surface area contributed by atoms with Crippen molar-refractivity contribution < 1.29 is 13.2 Å². The predicted octanol–water partition coefficient (Wildman–Crippen LogP) is 4.84. The second kappa shape index (κ2) is 10.4. The molecule has 194 valence electrons. The molecule has 0 saturated carbocycles. The summed E-state index contributed by atoms with van der Waals surface area (Å²) in [6, 6.07) is 15.8. The van der Waals surface area contributed by atoms with Gasteiger partial charge in [0.1, 0.15) is 6.23 Å². The Morgan fingerprint density at radius 1 is 0.919 bits per heavy atom. The summed E-state index contributed by atoms with van der Waals surface area (Å²) < 4.78 is 37.3. The first-order valence-corrected chi connectivity index (χ1v) is 14.8. The van der Waals surface area contributed by atoms with Crippen molar-refractivity contribution in [2.75, 3.05) is 19.7 Å². The number of hydrogen-bond acceptors (Lipinski definition) is 5. The van der Waals surface area contributed by atoms with Gasteiger partial charge in [0.15, 0.2) is 0 Å². The van der Waals surface area contributed by atoms with Crippen molar-refractivity contribution in [3.63, 3.8) is 0 Å². The first-order chi connectivity index (χ1) is 18.0. The van der Waals surface area contributed by atoms with Crippen molar-refractivity contribution in [2.45, 2.75) is 50.6 Å².